The van der Waals surface area contributed by atoms with Gasteiger partial charge in [-0.15, -0.1) is 0 Å². The Balaban J connectivity index is 1.77. The van der Waals surface area contributed by atoms with Crippen molar-refractivity contribution in [1.82, 2.24) is 15.2 Å². The lowest BCUT2D eigenvalue weighted by molar-refractivity contribution is 0.0944. The van der Waals surface area contributed by atoms with E-state index in [9.17, 15) is 4.79 Å². The summed E-state index contributed by atoms with van der Waals surface area (Å²) >= 11 is 1.98. The summed E-state index contributed by atoms with van der Waals surface area (Å²) in [7, 11) is 0. The number of amides is 1. The summed E-state index contributed by atoms with van der Waals surface area (Å²) in [6.07, 6.45) is 1.60. The molecule has 0 atom stereocenters. The number of rotatable bonds is 4. The number of nitrogens with two attached hydrogens (primary N) is 1. The molecule has 1 aromatic heterocycles. The molecule has 0 spiro atoms. The Morgan fingerprint density at radius 2 is 2.24 bits per heavy atom. The van der Waals surface area contributed by atoms with Crippen molar-refractivity contribution in [3.05, 3.63) is 29.6 Å². The second-order valence-corrected chi connectivity index (χ2v) is 5.87. The van der Waals surface area contributed by atoms with Crippen LogP contribution in [0.2, 0.25) is 0 Å². The van der Waals surface area contributed by atoms with E-state index in [0.717, 1.165) is 25.2 Å². The SMILES string of the molecule is NCC#Cc1ccc(C(=O)NCCN2CCSCC2)nc1. The van der Waals surface area contributed by atoms with Gasteiger partial charge in [-0.25, -0.2) is 4.98 Å². The Hall–Kier alpha value is -1.55. The van der Waals surface area contributed by atoms with Gasteiger partial charge in [0.15, 0.2) is 0 Å². The van der Waals surface area contributed by atoms with Crippen LogP contribution in [0, 0.1) is 11.8 Å². The maximum absolute atomic E-state index is 12.0. The number of hydrogen-bond acceptors (Lipinski definition) is 5. The molecule has 0 radical (unpaired) electrons. The van der Waals surface area contributed by atoms with Gasteiger partial charge < -0.3 is 11.1 Å². The Morgan fingerprint density at radius 3 is 2.90 bits per heavy atom. The predicted octanol–water partition coefficient (Wildman–Crippen LogP) is 0.170. The zero-order chi connectivity index (χ0) is 14.9. The summed E-state index contributed by atoms with van der Waals surface area (Å²) in [4.78, 5) is 18.5. The van der Waals surface area contributed by atoms with E-state index in [0.29, 0.717) is 18.8 Å². The maximum atomic E-state index is 12.0. The molecular formula is C15H20N4OS. The highest BCUT2D eigenvalue weighted by Crippen LogP contribution is 2.08. The van der Waals surface area contributed by atoms with E-state index in [1.807, 2.05) is 11.8 Å². The van der Waals surface area contributed by atoms with Crippen molar-refractivity contribution < 1.29 is 4.79 Å². The Morgan fingerprint density at radius 1 is 1.43 bits per heavy atom. The minimum atomic E-state index is -0.139. The van der Waals surface area contributed by atoms with Crippen molar-refractivity contribution in [3.8, 4) is 11.8 Å². The number of nitrogens with zero attached hydrogens (tertiary/aromatic N) is 2. The highest BCUT2D eigenvalue weighted by molar-refractivity contribution is 7.99. The maximum Gasteiger partial charge on any atom is 0.269 e. The first kappa shape index (κ1) is 15.8. The quantitative estimate of drug-likeness (QED) is 0.776. The molecule has 1 aliphatic heterocycles. The van der Waals surface area contributed by atoms with E-state index in [-0.39, 0.29) is 5.91 Å². The van der Waals surface area contributed by atoms with Gasteiger partial charge in [0.25, 0.3) is 5.91 Å². The van der Waals surface area contributed by atoms with Crippen LogP contribution < -0.4 is 11.1 Å². The summed E-state index contributed by atoms with van der Waals surface area (Å²) in [6.45, 7) is 4.07. The van der Waals surface area contributed by atoms with Crippen LogP contribution in [0.1, 0.15) is 16.1 Å². The molecule has 112 valence electrons. The number of hydrogen-bond donors (Lipinski definition) is 2. The molecule has 21 heavy (non-hydrogen) atoms. The summed E-state index contributed by atoms with van der Waals surface area (Å²) in [5, 5.41) is 2.90. The zero-order valence-corrected chi connectivity index (χ0v) is 12.8. The summed E-state index contributed by atoms with van der Waals surface area (Å²) in [6, 6.07) is 3.47. The van der Waals surface area contributed by atoms with Gasteiger partial charge in [0.05, 0.1) is 6.54 Å². The normalized spacial score (nSPS) is 15.1. The predicted molar refractivity (Wildman–Crippen MR) is 86.3 cm³/mol. The smallest absolute Gasteiger partial charge is 0.269 e. The van der Waals surface area contributed by atoms with Crippen LogP contribution in [-0.4, -0.2) is 60.0 Å². The van der Waals surface area contributed by atoms with Crippen LogP contribution >= 0.6 is 11.8 Å². The van der Waals surface area contributed by atoms with Gasteiger partial charge in [0.2, 0.25) is 0 Å². The van der Waals surface area contributed by atoms with Crippen molar-refractivity contribution in [2.24, 2.45) is 5.73 Å². The number of nitrogens with one attached hydrogen (secondary N) is 1. The fourth-order valence-corrected chi connectivity index (χ4v) is 2.98. The van der Waals surface area contributed by atoms with Gasteiger partial charge in [-0.3, -0.25) is 9.69 Å². The molecule has 6 heteroatoms. The van der Waals surface area contributed by atoms with E-state index in [2.05, 4.69) is 27.0 Å². The monoisotopic (exact) mass is 304 g/mol. The number of carbonyl (C=O) groups excluding carboxylic acids is 1. The third-order valence-electron chi connectivity index (χ3n) is 3.15. The average Bonchev–Trinajstić information content (AvgIpc) is 2.54. The number of aromatic nitrogens is 1. The molecule has 0 aromatic carbocycles. The van der Waals surface area contributed by atoms with E-state index in [1.165, 1.54) is 11.5 Å². The minimum absolute atomic E-state index is 0.139. The lowest BCUT2D eigenvalue weighted by Gasteiger charge is -2.25. The van der Waals surface area contributed by atoms with Crippen LogP contribution in [-0.2, 0) is 0 Å². The molecule has 5 nitrogen and oxygen atoms in total. The van der Waals surface area contributed by atoms with E-state index in [4.69, 9.17) is 5.73 Å². The fraction of sp³-hybridized carbons (Fsp3) is 0.467. The summed E-state index contributed by atoms with van der Waals surface area (Å²) < 4.78 is 0. The first-order valence-electron chi connectivity index (χ1n) is 7.03. The third-order valence-corrected chi connectivity index (χ3v) is 4.09. The molecule has 1 saturated heterocycles. The van der Waals surface area contributed by atoms with Crippen LogP contribution in [0.25, 0.3) is 0 Å². The molecule has 0 bridgehead atoms. The van der Waals surface area contributed by atoms with E-state index < -0.39 is 0 Å². The Kier molecular flexibility index (Phi) is 6.54. The fourth-order valence-electron chi connectivity index (χ4n) is 2.00. The van der Waals surface area contributed by atoms with E-state index in [1.54, 1.807) is 18.3 Å². The van der Waals surface area contributed by atoms with E-state index >= 15 is 0 Å². The summed E-state index contributed by atoms with van der Waals surface area (Å²) in [5.74, 6) is 7.86. The van der Waals surface area contributed by atoms with Gasteiger partial charge in [-0.2, -0.15) is 11.8 Å². The van der Waals surface area contributed by atoms with Crippen LogP contribution in [0.15, 0.2) is 18.3 Å². The average molecular weight is 304 g/mol. The Labute approximate surface area is 129 Å². The molecule has 0 saturated carbocycles. The molecule has 2 rings (SSSR count). The Bertz CT molecular complexity index is 515. The first-order valence-corrected chi connectivity index (χ1v) is 8.18. The molecule has 1 aliphatic rings. The molecule has 2 heterocycles. The highest BCUT2D eigenvalue weighted by Gasteiger charge is 2.11. The lowest BCUT2D eigenvalue weighted by atomic mass is 10.2. The number of carbonyl (C=O) groups is 1. The van der Waals surface area contributed by atoms with Gasteiger partial charge in [-0.05, 0) is 12.1 Å². The molecule has 1 fully saturated rings. The second-order valence-electron chi connectivity index (χ2n) is 4.65. The molecule has 3 N–H and O–H groups in total. The van der Waals surface area contributed by atoms with Crippen molar-refractivity contribution in [1.29, 1.82) is 0 Å². The topological polar surface area (TPSA) is 71.2 Å². The van der Waals surface area contributed by atoms with Crippen molar-refractivity contribution in [2.75, 3.05) is 44.2 Å². The van der Waals surface area contributed by atoms with Crippen molar-refractivity contribution in [3.63, 3.8) is 0 Å². The first-order chi connectivity index (χ1) is 10.3. The molecule has 1 aromatic rings. The third kappa shape index (κ3) is 5.38. The van der Waals surface area contributed by atoms with Crippen LogP contribution in [0.4, 0.5) is 0 Å². The zero-order valence-electron chi connectivity index (χ0n) is 12.0. The van der Waals surface area contributed by atoms with Gasteiger partial charge in [-0.1, -0.05) is 11.8 Å². The summed E-state index contributed by atoms with van der Waals surface area (Å²) in [5.41, 5.74) is 6.49. The van der Waals surface area contributed by atoms with Crippen LogP contribution in [0.3, 0.4) is 0 Å². The van der Waals surface area contributed by atoms with Crippen LogP contribution in [0.5, 0.6) is 0 Å². The molecule has 0 unspecified atom stereocenters. The van der Waals surface area contributed by atoms with Gasteiger partial charge >= 0.3 is 0 Å². The molecular weight excluding hydrogens is 284 g/mol. The molecule has 0 aliphatic carbocycles. The number of pyridine rings is 1. The lowest BCUT2D eigenvalue weighted by Crippen LogP contribution is -2.39. The minimum Gasteiger partial charge on any atom is -0.349 e. The highest BCUT2D eigenvalue weighted by atomic mass is 32.2. The van der Waals surface area contributed by atoms with Crippen molar-refractivity contribution in [2.45, 2.75) is 0 Å². The van der Waals surface area contributed by atoms with Gasteiger partial charge in [0, 0.05) is 49.4 Å². The molecule has 1 amide bonds. The largest absolute Gasteiger partial charge is 0.349 e. The van der Waals surface area contributed by atoms with Gasteiger partial charge in [0.1, 0.15) is 5.69 Å². The second kappa shape index (κ2) is 8.67. The standard InChI is InChI=1S/C15H20N4OS/c16-5-1-2-13-3-4-14(18-12-13)15(20)17-6-7-19-8-10-21-11-9-19/h3-4,12H,5-11,16H2,(H,17,20). The number of thioether (sulfide) groups is 1. The van der Waals surface area contributed by atoms with Crippen molar-refractivity contribution >= 4 is 17.7 Å².